The van der Waals surface area contributed by atoms with Gasteiger partial charge in [0.2, 0.25) is 0 Å². The Morgan fingerprint density at radius 2 is 1.85 bits per heavy atom. The maximum Gasteiger partial charge on any atom is 0.130 e. The van der Waals surface area contributed by atoms with Crippen molar-refractivity contribution in [3.63, 3.8) is 0 Å². The average Bonchev–Trinajstić information content (AvgIpc) is 3.29. The van der Waals surface area contributed by atoms with E-state index >= 15 is 0 Å². The third-order valence-electron chi connectivity index (χ3n) is 6.73. The molecule has 0 bridgehead atoms. The largest absolute Gasteiger partial charge is 0.356 e. The van der Waals surface area contributed by atoms with Gasteiger partial charge in [-0.25, -0.2) is 15.0 Å². The van der Waals surface area contributed by atoms with Gasteiger partial charge in [-0.3, -0.25) is 0 Å². The lowest BCUT2D eigenvalue weighted by Gasteiger charge is -2.36. The van der Waals surface area contributed by atoms with Crippen LogP contribution in [0.5, 0.6) is 0 Å². The normalized spacial score (nSPS) is 14.6. The van der Waals surface area contributed by atoms with Crippen LogP contribution in [0, 0.1) is 0 Å². The third-order valence-corrected chi connectivity index (χ3v) is 6.73. The van der Waals surface area contributed by atoms with Gasteiger partial charge in [-0.15, -0.1) is 0 Å². The number of imidazole rings is 1. The Hall–Kier alpha value is -3.71. The fraction of sp³-hybridized carbons (Fsp3) is 0.296. The summed E-state index contributed by atoms with van der Waals surface area (Å²) in [6, 6.07) is 13.2. The molecule has 0 atom stereocenters. The molecule has 4 heterocycles. The number of hydrogen-bond donors (Lipinski definition) is 1. The van der Waals surface area contributed by atoms with Crippen LogP contribution in [0.3, 0.4) is 0 Å². The van der Waals surface area contributed by atoms with Crippen LogP contribution >= 0.6 is 0 Å². The molecule has 1 aromatic carbocycles. The number of anilines is 2. The van der Waals surface area contributed by atoms with E-state index in [1.54, 1.807) is 0 Å². The standard InChI is InChI=1S/C27H31N7/c1-19(20-7-10-29-27(15-20)34-11-8-24(9-12-34)32(2)3)31-26-14-23-13-21(5-6-22(23)16-30-26)25-17-28-18-33(25)4/h5-7,10,13-18,24H,1,8-9,11-12H2,2-4H3,(H,30,31). The van der Waals surface area contributed by atoms with Gasteiger partial charge in [0.15, 0.2) is 0 Å². The number of pyridine rings is 2. The van der Waals surface area contributed by atoms with E-state index in [1.807, 2.05) is 42.6 Å². The molecule has 174 valence electrons. The van der Waals surface area contributed by atoms with Crippen molar-refractivity contribution < 1.29 is 0 Å². The van der Waals surface area contributed by atoms with Crippen LogP contribution in [-0.4, -0.2) is 57.6 Å². The number of nitrogens with zero attached hydrogens (tertiary/aromatic N) is 6. The molecule has 1 saturated heterocycles. The second kappa shape index (κ2) is 9.27. The number of aromatic nitrogens is 4. The summed E-state index contributed by atoms with van der Waals surface area (Å²) < 4.78 is 2.02. The predicted molar refractivity (Wildman–Crippen MR) is 140 cm³/mol. The van der Waals surface area contributed by atoms with Crippen molar-refractivity contribution >= 4 is 28.1 Å². The summed E-state index contributed by atoms with van der Waals surface area (Å²) in [4.78, 5) is 18.1. The fourth-order valence-electron chi connectivity index (χ4n) is 4.62. The highest BCUT2D eigenvalue weighted by atomic mass is 15.2. The van der Waals surface area contributed by atoms with E-state index in [4.69, 9.17) is 0 Å². The molecule has 4 aromatic rings. The lowest BCUT2D eigenvalue weighted by atomic mass is 10.0. The van der Waals surface area contributed by atoms with E-state index < -0.39 is 0 Å². The van der Waals surface area contributed by atoms with Crippen molar-refractivity contribution in [1.29, 1.82) is 0 Å². The summed E-state index contributed by atoms with van der Waals surface area (Å²) in [7, 11) is 6.33. The van der Waals surface area contributed by atoms with E-state index in [0.717, 1.165) is 70.9 Å². The summed E-state index contributed by atoms with van der Waals surface area (Å²) in [5.41, 5.74) is 4.03. The molecule has 1 aliphatic heterocycles. The number of nitrogens with one attached hydrogen (secondary N) is 1. The van der Waals surface area contributed by atoms with Gasteiger partial charge < -0.3 is 19.7 Å². The van der Waals surface area contributed by atoms with E-state index in [1.165, 1.54) is 0 Å². The summed E-state index contributed by atoms with van der Waals surface area (Å²) in [5.74, 6) is 1.77. The highest BCUT2D eigenvalue weighted by Crippen LogP contribution is 2.27. The quantitative estimate of drug-likeness (QED) is 0.459. The van der Waals surface area contributed by atoms with Crippen LogP contribution in [-0.2, 0) is 7.05 Å². The van der Waals surface area contributed by atoms with Crippen molar-refractivity contribution in [2.75, 3.05) is 37.4 Å². The number of benzene rings is 1. The van der Waals surface area contributed by atoms with Crippen molar-refractivity contribution in [1.82, 2.24) is 24.4 Å². The van der Waals surface area contributed by atoms with Gasteiger partial charge in [0.25, 0.3) is 0 Å². The van der Waals surface area contributed by atoms with Crippen LogP contribution in [0.1, 0.15) is 18.4 Å². The molecule has 5 rings (SSSR count). The lowest BCUT2D eigenvalue weighted by Crippen LogP contribution is -2.42. The first-order valence-corrected chi connectivity index (χ1v) is 11.7. The third kappa shape index (κ3) is 4.52. The number of aryl methyl sites for hydroxylation is 1. The van der Waals surface area contributed by atoms with Gasteiger partial charge in [0.05, 0.1) is 18.2 Å². The van der Waals surface area contributed by atoms with Crippen molar-refractivity contribution in [3.05, 3.63) is 73.5 Å². The smallest absolute Gasteiger partial charge is 0.130 e. The maximum atomic E-state index is 4.63. The Bertz CT molecular complexity index is 1320. The molecule has 3 aromatic heterocycles. The molecule has 34 heavy (non-hydrogen) atoms. The number of piperidine rings is 1. The molecule has 7 heteroatoms. The SMILES string of the molecule is C=C(Nc1cc2cc(-c3cncn3C)ccc2cn1)c1ccnc(N2CCC(N(C)C)CC2)c1. The monoisotopic (exact) mass is 453 g/mol. The number of hydrogen-bond acceptors (Lipinski definition) is 6. The van der Waals surface area contributed by atoms with Gasteiger partial charge in [0.1, 0.15) is 11.6 Å². The van der Waals surface area contributed by atoms with Crippen LogP contribution in [0.4, 0.5) is 11.6 Å². The Balaban J connectivity index is 1.32. The maximum absolute atomic E-state index is 4.63. The Morgan fingerprint density at radius 1 is 1.03 bits per heavy atom. The summed E-state index contributed by atoms with van der Waals surface area (Å²) >= 11 is 0. The minimum Gasteiger partial charge on any atom is -0.356 e. The van der Waals surface area contributed by atoms with Crippen molar-refractivity contribution in [2.45, 2.75) is 18.9 Å². The molecule has 0 unspecified atom stereocenters. The zero-order valence-corrected chi connectivity index (χ0v) is 20.1. The molecular weight excluding hydrogens is 422 g/mol. The number of fused-ring (bicyclic) bond motifs is 1. The molecule has 7 nitrogen and oxygen atoms in total. The Morgan fingerprint density at radius 3 is 2.59 bits per heavy atom. The Kier molecular flexibility index (Phi) is 6.02. The first-order chi connectivity index (χ1) is 16.5. The lowest BCUT2D eigenvalue weighted by molar-refractivity contribution is 0.249. The average molecular weight is 454 g/mol. The van der Waals surface area contributed by atoms with Gasteiger partial charge in [0, 0.05) is 60.8 Å². The molecule has 0 aliphatic carbocycles. The van der Waals surface area contributed by atoms with Gasteiger partial charge in [-0.1, -0.05) is 18.7 Å². The molecular formula is C27H31N7. The first kappa shape index (κ1) is 22.1. The highest BCUT2D eigenvalue weighted by Gasteiger charge is 2.21. The molecule has 0 amide bonds. The van der Waals surface area contributed by atoms with Crippen LogP contribution in [0.2, 0.25) is 0 Å². The predicted octanol–water partition coefficient (Wildman–Crippen LogP) is 4.64. The molecule has 1 fully saturated rings. The second-order valence-corrected chi connectivity index (χ2v) is 9.21. The zero-order chi connectivity index (χ0) is 23.7. The van der Waals surface area contributed by atoms with Crippen molar-refractivity contribution in [2.24, 2.45) is 7.05 Å². The van der Waals surface area contributed by atoms with E-state index in [9.17, 15) is 0 Å². The molecule has 0 saturated carbocycles. The fourth-order valence-corrected chi connectivity index (χ4v) is 4.62. The Labute approximate surface area is 200 Å². The van der Waals surface area contributed by atoms with Gasteiger partial charge >= 0.3 is 0 Å². The second-order valence-electron chi connectivity index (χ2n) is 9.21. The van der Waals surface area contributed by atoms with Gasteiger partial charge in [-0.2, -0.15) is 0 Å². The minimum absolute atomic E-state index is 0.647. The van der Waals surface area contributed by atoms with Crippen LogP contribution in [0.25, 0.3) is 27.7 Å². The summed E-state index contributed by atoms with van der Waals surface area (Å²) in [5, 5.41) is 5.60. The first-order valence-electron chi connectivity index (χ1n) is 11.7. The number of rotatable bonds is 6. The van der Waals surface area contributed by atoms with E-state index in [2.05, 4.69) is 81.1 Å². The van der Waals surface area contributed by atoms with Gasteiger partial charge in [-0.05, 0) is 56.6 Å². The zero-order valence-electron chi connectivity index (χ0n) is 20.1. The topological polar surface area (TPSA) is 62.1 Å². The van der Waals surface area contributed by atoms with Crippen molar-refractivity contribution in [3.8, 4) is 11.3 Å². The molecule has 1 N–H and O–H groups in total. The van der Waals surface area contributed by atoms with E-state index in [0.29, 0.717) is 6.04 Å². The molecule has 0 spiro atoms. The highest BCUT2D eigenvalue weighted by molar-refractivity contribution is 5.89. The van der Waals surface area contributed by atoms with E-state index in [-0.39, 0.29) is 0 Å². The minimum atomic E-state index is 0.647. The summed E-state index contributed by atoms with van der Waals surface area (Å²) in [6.07, 6.45) is 9.76. The molecule has 0 radical (unpaired) electrons. The van der Waals surface area contributed by atoms with Crippen LogP contribution in [0.15, 0.2) is 67.9 Å². The van der Waals surface area contributed by atoms with Crippen LogP contribution < -0.4 is 10.2 Å². The molecule has 1 aliphatic rings. The summed E-state index contributed by atoms with van der Waals surface area (Å²) in [6.45, 7) is 6.31.